The van der Waals surface area contributed by atoms with Crippen molar-refractivity contribution in [1.29, 1.82) is 0 Å². The van der Waals surface area contributed by atoms with Crippen molar-refractivity contribution in [3.05, 3.63) is 0 Å². The Kier molecular flexibility index (Phi) is 4.85. The Morgan fingerprint density at radius 2 is 1.38 bits per heavy atom. The quantitative estimate of drug-likeness (QED) is 0.512. The predicted molar refractivity (Wildman–Crippen MR) is 70.3 cm³/mol. The molecule has 2 fully saturated rings. The van der Waals surface area contributed by atoms with E-state index in [2.05, 4.69) is 0 Å². The van der Waals surface area contributed by atoms with Gasteiger partial charge in [0.25, 0.3) is 0 Å². The van der Waals surface area contributed by atoms with Gasteiger partial charge in [0.1, 0.15) is 13.2 Å². The summed E-state index contributed by atoms with van der Waals surface area (Å²) in [5.41, 5.74) is -0.396. The molecule has 7 nitrogen and oxygen atoms in total. The van der Waals surface area contributed by atoms with Crippen LogP contribution in [0, 0.1) is 16.7 Å². The number of aliphatic hydroxyl groups is 1. The van der Waals surface area contributed by atoms with E-state index in [0.29, 0.717) is 26.4 Å². The van der Waals surface area contributed by atoms with Crippen LogP contribution in [0.3, 0.4) is 0 Å². The fraction of sp³-hybridized carbons (Fsp3) is 0.857. The van der Waals surface area contributed by atoms with Gasteiger partial charge >= 0.3 is 11.9 Å². The highest BCUT2D eigenvalue weighted by atomic mass is 16.6. The summed E-state index contributed by atoms with van der Waals surface area (Å²) in [6.07, 6.45) is 0. The molecule has 0 unspecified atom stereocenters. The lowest BCUT2D eigenvalue weighted by Gasteiger charge is -2.38. The van der Waals surface area contributed by atoms with Crippen molar-refractivity contribution < 1.29 is 33.6 Å². The van der Waals surface area contributed by atoms with E-state index in [1.165, 1.54) is 0 Å². The number of ether oxygens (including phenoxy) is 4. The highest BCUT2D eigenvalue weighted by Crippen LogP contribution is 2.28. The van der Waals surface area contributed by atoms with E-state index in [1.807, 2.05) is 13.8 Å². The second-order valence-corrected chi connectivity index (χ2v) is 6.56. The largest absolute Gasteiger partial charge is 0.464 e. The minimum Gasteiger partial charge on any atom is -0.464 e. The Morgan fingerprint density at radius 3 is 1.62 bits per heavy atom. The molecule has 2 saturated heterocycles. The van der Waals surface area contributed by atoms with Gasteiger partial charge in [-0.3, -0.25) is 9.59 Å². The first-order valence-electron chi connectivity index (χ1n) is 6.97. The Hall–Kier alpha value is -1.18. The lowest BCUT2D eigenvalue weighted by molar-refractivity contribution is -0.182. The van der Waals surface area contributed by atoms with Crippen LogP contribution >= 0.6 is 0 Å². The average Bonchev–Trinajstić information content (AvgIpc) is 2.39. The van der Waals surface area contributed by atoms with Crippen molar-refractivity contribution in [2.24, 2.45) is 16.7 Å². The van der Waals surface area contributed by atoms with E-state index in [4.69, 9.17) is 18.9 Å². The van der Waals surface area contributed by atoms with Gasteiger partial charge in [0, 0.05) is 10.8 Å². The molecule has 2 aliphatic heterocycles. The van der Waals surface area contributed by atoms with Gasteiger partial charge in [-0.15, -0.1) is 0 Å². The molecule has 0 amide bonds. The zero-order valence-electron chi connectivity index (χ0n) is 12.4. The molecule has 120 valence electrons. The molecule has 0 aromatic carbocycles. The van der Waals surface area contributed by atoms with Gasteiger partial charge in [0.15, 0.2) is 5.92 Å². The molecule has 2 heterocycles. The molecule has 0 aromatic heterocycles. The van der Waals surface area contributed by atoms with Gasteiger partial charge < -0.3 is 24.1 Å². The number of hydrogen-bond acceptors (Lipinski definition) is 7. The number of carbonyl (C=O) groups excluding carboxylic acids is 2. The van der Waals surface area contributed by atoms with Crippen LogP contribution in [0.2, 0.25) is 0 Å². The number of esters is 2. The van der Waals surface area contributed by atoms with Crippen LogP contribution in [-0.4, -0.2) is 63.3 Å². The zero-order chi connectivity index (χ0) is 15.5. The van der Waals surface area contributed by atoms with Crippen molar-refractivity contribution in [3.63, 3.8) is 0 Å². The molecular weight excluding hydrogens is 280 g/mol. The standard InChI is InChI=1S/C14H22O7/c1-13(4-18-5-13)8-20-11(16)10(3-15)12(17)21-9-14(2)6-19-7-14/h10,15H,3-9H2,1-2H3. The minimum atomic E-state index is -1.29. The fourth-order valence-electron chi connectivity index (χ4n) is 2.00. The molecule has 0 aliphatic carbocycles. The topological polar surface area (TPSA) is 91.3 Å². The maximum Gasteiger partial charge on any atom is 0.322 e. The third-order valence-corrected chi connectivity index (χ3v) is 3.68. The number of carbonyl (C=O) groups is 2. The average molecular weight is 302 g/mol. The van der Waals surface area contributed by atoms with Crippen molar-refractivity contribution in [2.75, 3.05) is 46.2 Å². The SMILES string of the molecule is CC1(COC(=O)C(CO)C(=O)OCC2(C)COC2)COC1. The lowest BCUT2D eigenvalue weighted by atomic mass is 9.90. The van der Waals surface area contributed by atoms with E-state index < -0.39 is 24.5 Å². The first-order valence-corrected chi connectivity index (χ1v) is 6.97. The summed E-state index contributed by atoms with van der Waals surface area (Å²) in [5, 5.41) is 9.22. The molecular formula is C14H22O7. The van der Waals surface area contributed by atoms with E-state index >= 15 is 0 Å². The second-order valence-electron chi connectivity index (χ2n) is 6.56. The highest BCUT2D eigenvalue weighted by Gasteiger charge is 2.39. The zero-order valence-corrected chi connectivity index (χ0v) is 12.4. The van der Waals surface area contributed by atoms with Crippen molar-refractivity contribution in [2.45, 2.75) is 13.8 Å². The molecule has 2 aliphatic rings. The Balaban J connectivity index is 1.76. The van der Waals surface area contributed by atoms with E-state index in [1.54, 1.807) is 0 Å². The van der Waals surface area contributed by atoms with E-state index in [0.717, 1.165) is 0 Å². The van der Waals surface area contributed by atoms with Gasteiger partial charge in [-0.25, -0.2) is 0 Å². The van der Waals surface area contributed by atoms with Gasteiger partial charge in [0.2, 0.25) is 0 Å². The summed E-state index contributed by atoms with van der Waals surface area (Å²) in [6.45, 7) is 5.64. The lowest BCUT2D eigenvalue weighted by Crippen LogP contribution is -2.46. The number of rotatable bonds is 7. The first kappa shape index (κ1) is 16.2. The maximum atomic E-state index is 11.9. The monoisotopic (exact) mass is 302 g/mol. The Morgan fingerprint density at radius 1 is 1.00 bits per heavy atom. The molecule has 0 atom stereocenters. The van der Waals surface area contributed by atoms with Crippen LogP contribution in [0.5, 0.6) is 0 Å². The van der Waals surface area contributed by atoms with Crippen LogP contribution in [0.15, 0.2) is 0 Å². The van der Waals surface area contributed by atoms with Gasteiger partial charge in [-0.1, -0.05) is 13.8 Å². The van der Waals surface area contributed by atoms with Crippen LogP contribution in [-0.2, 0) is 28.5 Å². The van der Waals surface area contributed by atoms with Gasteiger partial charge in [-0.2, -0.15) is 0 Å². The van der Waals surface area contributed by atoms with E-state index in [-0.39, 0.29) is 24.0 Å². The van der Waals surface area contributed by atoms with Crippen molar-refractivity contribution in [3.8, 4) is 0 Å². The third-order valence-electron chi connectivity index (χ3n) is 3.68. The second kappa shape index (κ2) is 6.29. The summed E-state index contributed by atoms with van der Waals surface area (Å²) in [6, 6.07) is 0. The van der Waals surface area contributed by atoms with Crippen LogP contribution in [0.1, 0.15) is 13.8 Å². The highest BCUT2D eigenvalue weighted by molar-refractivity contribution is 5.95. The summed E-state index contributed by atoms with van der Waals surface area (Å²) < 4.78 is 20.3. The Labute approximate surface area is 123 Å². The third kappa shape index (κ3) is 3.93. The summed E-state index contributed by atoms with van der Waals surface area (Å²) in [7, 11) is 0. The molecule has 0 radical (unpaired) electrons. The molecule has 21 heavy (non-hydrogen) atoms. The summed E-state index contributed by atoms with van der Waals surface area (Å²) in [4.78, 5) is 23.7. The smallest absolute Gasteiger partial charge is 0.322 e. The number of hydrogen-bond donors (Lipinski definition) is 1. The normalized spacial score (nSPS) is 22.1. The molecule has 0 saturated carbocycles. The van der Waals surface area contributed by atoms with Crippen LogP contribution in [0.4, 0.5) is 0 Å². The molecule has 7 heteroatoms. The first-order chi connectivity index (χ1) is 9.87. The van der Waals surface area contributed by atoms with Gasteiger partial charge in [-0.05, 0) is 0 Å². The summed E-state index contributed by atoms with van der Waals surface area (Å²) >= 11 is 0. The minimum absolute atomic E-state index is 0.168. The molecule has 0 spiro atoms. The van der Waals surface area contributed by atoms with Crippen LogP contribution < -0.4 is 0 Å². The molecule has 1 N–H and O–H groups in total. The van der Waals surface area contributed by atoms with Crippen molar-refractivity contribution in [1.82, 2.24) is 0 Å². The van der Waals surface area contributed by atoms with Crippen molar-refractivity contribution >= 4 is 11.9 Å². The number of aliphatic hydroxyl groups excluding tert-OH is 1. The summed E-state index contributed by atoms with van der Waals surface area (Å²) in [5.74, 6) is -2.81. The van der Waals surface area contributed by atoms with E-state index in [9.17, 15) is 14.7 Å². The van der Waals surface area contributed by atoms with Crippen LogP contribution in [0.25, 0.3) is 0 Å². The Bertz CT molecular complexity index is 362. The van der Waals surface area contributed by atoms with Gasteiger partial charge in [0.05, 0.1) is 33.0 Å². The fourth-order valence-corrected chi connectivity index (χ4v) is 2.00. The predicted octanol–water partition coefficient (Wildman–Crippen LogP) is -0.246. The maximum absolute atomic E-state index is 11.9. The molecule has 0 bridgehead atoms. The molecule has 0 aromatic rings. The molecule has 2 rings (SSSR count).